The summed E-state index contributed by atoms with van der Waals surface area (Å²) >= 11 is 3.36. The fraction of sp³-hybridized carbons (Fsp3) is 0.167. The third-order valence-electron chi connectivity index (χ3n) is 4.01. The standard InChI is InChI=1S/C18H17BrN2O3S/c1-13-6-8-16(9-7-13)25(23,24)21-11-10-20-17(21)18(2,22)14-4-3-5-15(19)12-14/h3-12,22H,1-2H3. The first kappa shape index (κ1) is 17.8. The highest BCUT2D eigenvalue weighted by atomic mass is 79.9. The summed E-state index contributed by atoms with van der Waals surface area (Å²) in [6, 6.07) is 13.6. The fourth-order valence-corrected chi connectivity index (χ4v) is 4.34. The fourth-order valence-electron chi connectivity index (χ4n) is 2.57. The zero-order valence-corrected chi connectivity index (χ0v) is 16.1. The van der Waals surface area contributed by atoms with E-state index in [1.165, 1.54) is 19.3 Å². The highest BCUT2D eigenvalue weighted by molar-refractivity contribution is 9.10. The Labute approximate surface area is 155 Å². The Morgan fingerprint density at radius 1 is 1.16 bits per heavy atom. The Kier molecular flexibility index (Phi) is 4.57. The minimum atomic E-state index is -3.86. The molecule has 3 aromatic rings. The van der Waals surface area contributed by atoms with Gasteiger partial charge in [0.15, 0.2) is 5.82 Å². The summed E-state index contributed by atoms with van der Waals surface area (Å²) in [5.74, 6) is 0.0335. The molecule has 25 heavy (non-hydrogen) atoms. The molecule has 2 aromatic carbocycles. The lowest BCUT2D eigenvalue weighted by Crippen LogP contribution is -2.30. The van der Waals surface area contributed by atoms with Gasteiger partial charge in [-0.05, 0) is 43.7 Å². The number of nitrogens with zero attached hydrogens (tertiary/aromatic N) is 2. The molecule has 0 spiro atoms. The summed E-state index contributed by atoms with van der Waals surface area (Å²) in [5.41, 5.74) is -0.0789. The average molecular weight is 421 g/mol. The number of halogens is 1. The molecule has 1 aromatic heterocycles. The molecule has 5 nitrogen and oxygen atoms in total. The summed E-state index contributed by atoms with van der Waals surface area (Å²) < 4.78 is 27.8. The van der Waals surface area contributed by atoms with Gasteiger partial charge in [0.1, 0.15) is 5.60 Å². The van der Waals surface area contributed by atoms with Crippen LogP contribution in [0.3, 0.4) is 0 Å². The van der Waals surface area contributed by atoms with Crippen LogP contribution in [0.1, 0.15) is 23.9 Å². The van der Waals surface area contributed by atoms with Gasteiger partial charge in [-0.25, -0.2) is 17.4 Å². The van der Waals surface area contributed by atoms with Crippen LogP contribution < -0.4 is 0 Å². The Morgan fingerprint density at radius 3 is 2.48 bits per heavy atom. The van der Waals surface area contributed by atoms with E-state index < -0.39 is 15.6 Å². The topological polar surface area (TPSA) is 72.2 Å². The van der Waals surface area contributed by atoms with E-state index in [0.717, 1.165) is 14.0 Å². The second-order valence-corrected chi connectivity index (χ2v) is 8.68. The van der Waals surface area contributed by atoms with Gasteiger partial charge >= 0.3 is 0 Å². The average Bonchev–Trinajstić information content (AvgIpc) is 3.06. The molecule has 0 aliphatic carbocycles. The van der Waals surface area contributed by atoms with E-state index in [-0.39, 0.29) is 10.7 Å². The lowest BCUT2D eigenvalue weighted by Gasteiger charge is -2.24. The van der Waals surface area contributed by atoms with Crippen LogP contribution in [-0.4, -0.2) is 22.5 Å². The maximum atomic E-state index is 13.0. The Hall–Kier alpha value is -1.96. The number of aliphatic hydroxyl groups is 1. The van der Waals surface area contributed by atoms with Crippen molar-refractivity contribution >= 4 is 26.0 Å². The van der Waals surface area contributed by atoms with Crippen LogP contribution in [0, 0.1) is 6.92 Å². The van der Waals surface area contributed by atoms with E-state index >= 15 is 0 Å². The molecule has 0 aliphatic rings. The lowest BCUT2D eigenvalue weighted by atomic mass is 9.95. The van der Waals surface area contributed by atoms with Crippen LogP contribution in [-0.2, 0) is 15.6 Å². The van der Waals surface area contributed by atoms with E-state index in [1.54, 1.807) is 42.5 Å². The van der Waals surface area contributed by atoms with E-state index in [4.69, 9.17) is 0 Å². The molecule has 0 amide bonds. The molecule has 0 radical (unpaired) electrons. The van der Waals surface area contributed by atoms with Crippen LogP contribution in [0.4, 0.5) is 0 Å². The van der Waals surface area contributed by atoms with Gasteiger partial charge in [-0.2, -0.15) is 0 Å². The largest absolute Gasteiger partial charge is 0.377 e. The number of hydrogen-bond acceptors (Lipinski definition) is 4. The van der Waals surface area contributed by atoms with Gasteiger partial charge in [0.25, 0.3) is 10.0 Å². The zero-order chi connectivity index (χ0) is 18.2. The molecule has 1 unspecified atom stereocenters. The first-order valence-electron chi connectivity index (χ1n) is 7.57. The van der Waals surface area contributed by atoms with Crippen molar-refractivity contribution in [2.75, 3.05) is 0 Å². The predicted octanol–water partition coefficient (Wildman–Crippen LogP) is 3.45. The van der Waals surface area contributed by atoms with Crippen molar-refractivity contribution in [1.82, 2.24) is 8.96 Å². The van der Waals surface area contributed by atoms with Crippen LogP contribution in [0.25, 0.3) is 0 Å². The van der Waals surface area contributed by atoms with Gasteiger partial charge in [0, 0.05) is 16.9 Å². The van der Waals surface area contributed by atoms with Gasteiger partial charge in [-0.1, -0.05) is 45.8 Å². The molecule has 0 aliphatic heterocycles. The SMILES string of the molecule is Cc1ccc(S(=O)(=O)n2ccnc2C(C)(O)c2cccc(Br)c2)cc1. The number of rotatable bonds is 4. The van der Waals surface area contributed by atoms with Crippen LogP contribution in [0.5, 0.6) is 0 Å². The molecule has 7 heteroatoms. The van der Waals surface area contributed by atoms with E-state index in [0.29, 0.717) is 5.56 Å². The monoisotopic (exact) mass is 420 g/mol. The molecular weight excluding hydrogens is 404 g/mol. The third kappa shape index (κ3) is 3.27. The first-order chi connectivity index (χ1) is 11.7. The van der Waals surface area contributed by atoms with Crippen molar-refractivity contribution in [3.63, 3.8) is 0 Å². The molecule has 1 N–H and O–H groups in total. The second-order valence-electron chi connectivity index (χ2n) is 5.95. The van der Waals surface area contributed by atoms with Crippen LogP contribution in [0.15, 0.2) is 70.3 Å². The third-order valence-corrected chi connectivity index (χ3v) is 6.18. The highest BCUT2D eigenvalue weighted by Crippen LogP contribution is 2.31. The van der Waals surface area contributed by atoms with Gasteiger partial charge < -0.3 is 5.11 Å². The van der Waals surface area contributed by atoms with Crippen molar-refractivity contribution < 1.29 is 13.5 Å². The van der Waals surface area contributed by atoms with Gasteiger partial charge in [-0.3, -0.25) is 0 Å². The van der Waals surface area contributed by atoms with E-state index in [9.17, 15) is 13.5 Å². The summed E-state index contributed by atoms with van der Waals surface area (Å²) in [6.07, 6.45) is 2.71. The number of hydrogen-bond donors (Lipinski definition) is 1. The normalized spacial score (nSPS) is 14.2. The molecule has 0 saturated carbocycles. The molecule has 1 heterocycles. The second kappa shape index (κ2) is 6.40. The van der Waals surface area contributed by atoms with Crippen molar-refractivity contribution in [3.8, 4) is 0 Å². The quantitative estimate of drug-likeness (QED) is 0.701. The maximum Gasteiger partial charge on any atom is 0.269 e. The Bertz CT molecular complexity index is 1010. The van der Waals surface area contributed by atoms with E-state index in [1.807, 2.05) is 13.0 Å². The number of aromatic nitrogens is 2. The Morgan fingerprint density at radius 2 is 1.84 bits per heavy atom. The summed E-state index contributed by atoms with van der Waals surface area (Å²) in [7, 11) is -3.86. The van der Waals surface area contributed by atoms with Gasteiger partial charge in [0.2, 0.25) is 0 Å². The predicted molar refractivity (Wildman–Crippen MR) is 98.8 cm³/mol. The molecule has 3 rings (SSSR count). The minimum absolute atomic E-state index is 0.0335. The number of aryl methyl sites for hydroxylation is 1. The molecule has 1 atom stereocenters. The van der Waals surface area contributed by atoms with Crippen LogP contribution in [0.2, 0.25) is 0 Å². The molecule has 0 saturated heterocycles. The van der Waals surface area contributed by atoms with E-state index in [2.05, 4.69) is 20.9 Å². The summed E-state index contributed by atoms with van der Waals surface area (Å²) in [4.78, 5) is 4.26. The Balaban J connectivity index is 2.13. The van der Waals surface area contributed by atoms with Gasteiger partial charge in [0.05, 0.1) is 4.90 Å². The van der Waals surface area contributed by atoms with Crippen molar-refractivity contribution in [3.05, 3.63) is 82.3 Å². The zero-order valence-electron chi connectivity index (χ0n) is 13.7. The number of benzene rings is 2. The molecular formula is C18H17BrN2O3S. The number of imidazole rings is 1. The van der Waals surface area contributed by atoms with Crippen LogP contribution >= 0.6 is 15.9 Å². The first-order valence-corrected chi connectivity index (χ1v) is 9.81. The lowest BCUT2D eigenvalue weighted by molar-refractivity contribution is 0.0916. The summed E-state index contributed by atoms with van der Waals surface area (Å²) in [6.45, 7) is 3.41. The molecule has 0 fully saturated rings. The van der Waals surface area contributed by atoms with Gasteiger partial charge in [-0.15, -0.1) is 0 Å². The molecule has 130 valence electrons. The highest BCUT2D eigenvalue weighted by Gasteiger charge is 2.34. The van der Waals surface area contributed by atoms with Crippen molar-refractivity contribution in [1.29, 1.82) is 0 Å². The van der Waals surface area contributed by atoms with Crippen molar-refractivity contribution in [2.45, 2.75) is 24.3 Å². The smallest absolute Gasteiger partial charge is 0.269 e. The summed E-state index contributed by atoms with van der Waals surface area (Å²) in [5, 5.41) is 11.0. The van der Waals surface area contributed by atoms with Crippen molar-refractivity contribution in [2.24, 2.45) is 0 Å². The molecule has 0 bridgehead atoms. The maximum absolute atomic E-state index is 13.0. The minimum Gasteiger partial charge on any atom is -0.377 e.